The minimum absolute atomic E-state index is 0.00667. The number of hydrogen-bond donors (Lipinski definition) is 1. The van der Waals surface area contributed by atoms with E-state index < -0.39 is 0 Å². The molecule has 2 N–H and O–H groups in total. The lowest BCUT2D eigenvalue weighted by Crippen LogP contribution is -2.32. The van der Waals surface area contributed by atoms with E-state index in [2.05, 4.69) is 15.0 Å². The van der Waals surface area contributed by atoms with Gasteiger partial charge in [0.25, 0.3) is 5.91 Å². The van der Waals surface area contributed by atoms with E-state index in [1.165, 1.54) is 0 Å². The van der Waals surface area contributed by atoms with E-state index in [0.29, 0.717) is 46.2 Å². The highest BCUT2D eigenvalue weighted by atomic mass is 35.5. The Bertz CT molecular complexity index is 1180. The average molecular weight is 498 g/mol. The summed E-state index contributed by atoms with van der Waals surface area (Å²) in [6.07, 6.45) is 6.86. The van der Waals surface area contributed by atoms with Gasteiger partial charge in [0.05, 0.1) is 27.5 Å². The Hall–Kier alpha value is -2.90. The number of likely N-dealkylation sites (tertiary alicyclic amines) is 1. The number of carbonyl (C=O) groups is 1. The molecule has 0 unspecified atom stereocenters. The number of aromatic nitrogens is 3. The molecular formula is C25H25Cl2N5O2. The van der Waals surface area contributed by atoms with Gasteiger partial charge in [0.15, 0.2) is 0 Å². The molecule has 2 fully saturated rings. The number of carbonyl (C=O) groups excluding carboxylic acids is 1. The molecule has 7 nitrogen and oxygen atoms in total. The maximum Gasteiger partial charge on any atom is 0.257 e. The Morgan fingerprint density at radius 2 is 1.82 bits per heavy atom. The van der Waals surface area contributed by atoms with Gasteiger partial charge < -0.3 is 15.4 Å². The maximum atomic E-state index is 13.3. The van der Waals surface area contributed by atoms with Crippen LogP contribution in [0.3, 0.4) is 0 Å². The number of rotatable bonds is 6. The molecule has 0 spiro atoms. The van der Waals surface area contributed by atoms with Crippen LogP contribution in [-0.4, -0.2) is 45.0 Å². The molecule has 3 heterocycles. The van der Waals surface area contributed by atoms with Gasteiger partial charge in [-0.3, -0.25) is 4.79 Å². The van der Waals surface area contributed by atoms with Crippen molar-refractivity contribution in [3.63, 3.8) is 0 Å². The summed E-state index contributed by atoms with van der Waals surface area (Å²) in [5.74, 6) is 1.68. The average Bonchev–Trinajstić information content (AvgIpc) is 3.60. The zero-order valence-electron chi connectivity index (χ0n) is 18.7. The summed E-state index contributed by atoms with van der Waals surface area (Å²) < 4.78 is 6.15. The van der Waals surface area contributed by atoms with Crippen LogP contribution in [0.15, 0.2) is 48.9 Å². The third kappa shape index (κ3) is 4.81. The molecule has 1 saturated carbocycles. The Kier molecular flexibility index (Phi) is 6.32. The van der Waals surface area contributed by atoms with Crippen LogP contribution in [0.1, 0.15) is 53.3 Å². The van der Waals surface area contributed by atoms with Crippen LogP contribution in [0, 0.1) is 5.92 Å². The van der Waals surface area contributed by atoms with Crippen LogP contribution in [-0.2, 0) is 0 Å². The van der Waals surface area contributed by atoms with Gasteiger partial charge in [-0.1, -0.05) is 29.3 Å². The van der Waals surface area contributed by atoms with E-state index in [9.17, 15) is 4.79 Å². The number of anilines is 1. The summed E-state index contributed by atoms with van der Waals surface area (Å²) in [6.45, 7) is 3.04. The molecule has 1 aromatic carbocycles. The molecule has 0 bridgehead atoms. The number of nitrogen functional groups attached to an aromatic ring is 1. The van der Waals surface area contributed by atoms with Crippen LogP contribution >= 0.6 is 23.2 Å². The molecule has 3 atom stereocenters. The minimum atomic E-state index is -0.220. The van der Waals surface area contributed by atoms with Crippen molar-refractivity contribution in [1.82, 2.24) is 19.9 Å². The van der Waals surface area contributed by atoms with E-state index in [-0.39, 0.29) is 23.8 Å². The number of amides is 1. The fraction of sp³-hybridized carbons (Fsp3) is 0.360. The SMILES string of the molecule is C[C@H](Oc1ccc(N)cn1)[C@H]1CN(C(=O)c2cnc(C3CC3)nc2)C[C@@H]1c1ccc(Cl)c(Cl)c1. The van der Waals surface area contributed by atoms with Crippen molar-refractivity contribution >= 4 is 34.8 Å². The van der Waals surface area contributed by atoms with Gasteiger partial charge >= 0.3 is 0 Å². The van der Waals surface area contributed by atoms with Crippen molar-refractivity contribution in [3.05, 3.63) is 75.9 Å². The van der Waals surface area contributed by atoms with E-state index in [1.807, 2.05) is 24.0 Å². The van der Waals surface area contributed by atoms with Crippen molar-refractivity contribution in [2.45, 2.75) is 37.7 Å². The number of hydrogen-bond acceptors (Lipinski definition) is 6. The smallest absolute Gasteiger partial charge is 0.257 e. The summed E-state index contributed by atoms with van der Waals surface area (Å²) in [7, 11) is 0. The predicted octanol–water partition coefficient (Wildman–Crippen LogP) is 4.96. The van der Waals surface area contributed by atoms with E-state index in [0.717, 1.165) is 24.2 Å². The van der Waals surface area contributed by atoms with Crippen molar-refractivity contribution in [2.24, 2.45) is 5.92 Å². The molecule has 176 valence electrons. The Balaban J connectivity index is 1.39. The first-order valence-corrected chi connectivity index (χ1v) is 12.1. The van der Waals surface area contributed by atoms with Gasteiger partial charge in [-0.2, -0.15) is 0 Å². The van der Waals surface area contributed by atoms with Crippen LogP contribution in [0.4, 0.5) is 5.69 Å². The molecule has 1 saturated heterocycles. The summed E-state index contributed by atoms with van der Waals surface area (Å²) in [5.41, 5.74) is 7.82. The number of pyridine rings is 1. The van der Waals surface area contributed by atoms with E-state index in [1.54, 1.807) is 36.8 Å². The molecular weight excluding hydrogens is 473 g/mol. The van der Waals surface area contributed by atoms with E-state index in [4.69, 9.17) is 33.7 Å². The number of nitrogens with two attached hydrogens (primary N) is 1. The van der Waals surface area contributed by atoms with Gasteiger partial charge in [0, 0.05) is 49.3 Å². The molecule has 1 amide bonds. The summed E-state index contributed by atoms with van der Waals surface area (Å²) in [4.78, 5) is 28.3. The first-order valence-electron chi connectivity index (χ1n) is 11.3. The molecule has 3 aromatic rings. The Morgan fingerprint density at radius 3 is 2.47 bits per heavy atom. The number of halogens is 2. The largest absolute Gasteiger partial charge is 0.474 e. The normalized spacial score (nSPS) is 20.9. The molecule has 1 aliphatic heterocycles. The van der Waals surface area contributed by atoms with Crippen molar-refractivity contribution in [3.8, 4) is 5.88 Å². The van der Waals surface area contributed by atoms with Crippen LogP contribution in [0.5, 0.6) is 5.88 Å². The zero-order chi connectivity index (χ0) is 23.8. The lowest BCUT2D eigenvalue weighted by molar-refractivity contribution is 0.0769. The van der Waals surface area contributed by atoms with Crippen molar-refractivity contribution < 1.29 is 9.53 Å². The molecule has 1 aliphatic carbocycles. The van der Waals surface area contributed by atoms with Crippen LogP contribution in [0.25, 0.3) is 0 Å². The predicted molar refractivity (Wildman–Crippen MR) is 131 cm³/mol. The van der Waals surface area contributed by atoms with Gasteiger partial charge in [-0.05, 0) is 43.5 Å². The maximum absolute atomic E-state index is 13.3. The highest BCUT2D eigenvalue weighted by Gasteiger charge is 2.41. The quantitative estimate of drug-likeness (QED) is 0.516. The molecule has 34 heavy (non-hydrogen) atoms. The highest BCUT2D eigenvalue weighted by molar-refractivity contribution is 6.42. The molecule has 2 aliphatic rings. The lowest BCUT2D eigenvalue weighted by atomic mass is 9.86. The molecule has 0 radical (unpaired) electrons. The van der Waals surface area contributed by atoms with Gasteiger partial charge in [-0.15, -0.1) is 0 Å². The number of benzene rings is 1. The van der Waals surface area contributed by atoms with E-state index >= 15 is 0 Å². The number of nitrogens with zero attached hydrogens (tertiary/aromatic N) is 4. The zero-order valence-corrected chi connectivity index (χ0v) is 20.2. The first-order chi connectivity index (χ1) is 16.4. The molecule has 2 aromatic heterocycles. The summed E-state index contributed by atoms with van der Waals surface area (Å²) >= 11 is 12.5. The van der Waals surface area contributed by atoms with Gasteiger partial charge in [0.2, 0.25) is 5.88 Å². The van der Waals surface area contributed by atoms with Crippen LogP contribution < -0.4 is 10.5 Å². The minimum Gasteiger partial charge on any atom is -0.474 e. The fourth-order valence-electron chi connectivity index (χ4n) is 4.49. The third-order valence-corrected chi connectivity index (χ3v) is 7.29. The second-order valence-corrected chi connectivity index (χ2v) is 9.83. The first kappa shape index (κ1) is 22.9. The lowest BCUT2D eigenvalue weighted by Gasteiger charge is -2.25. The van der Waals surface area contributed by atoms with Gasteiger partial charge in [0.1, 0.15) is 11.9 Å². The summed E-state index contributed by atoms with van der Waals surface area (Å²) in [6, 6.07) is 9.12. The fourth-order valence-corrected chi connectivity index (χ4v) is 4.80. The summed E-state index contributed by atoms with van der Waals surface area (Å²) in [5, 5.41) is 0.983. The monoisotopic (exact) mass is 497 g/mol. The van der Waals surface area contributed by atoms with Gasteiger partial charge in [-0.25, -0.2) is 15.0 Å². The second-order valence-electron chi connectivity index (χ2n) is 9.01. The van der Waals surface area contributed by atoms with Crippen molar-refractivity contribution in [2.75, 3.05) is 18.8 Å². The molecule has 5 rings (SSSR count). The highest BCUT2D eigenvalue weighted by Crippen LogP contribution is 2.39. The Labute approximate surface area is 208 Å². The second kappa shape index (κ2) is 9.39. The van der Waals surface area contributed by atoms with Crippen LogP contribution in [0.2, 0.25) is 10.0 Å². The van der Waals surface area contributed by atoms with Crippen molar-refractivity contribution in [1.29, 1.82) is 0 Å². The Morgan fingerprint density at radius 1 is 1.06 bits per heavy atom. The number of ether oxygens (including phenoxy) is 1. The standard InChI is InChI=1S/C25H25Cl2N5O2/c1-14(34-23-7-5-18(28)11-29-23)19-12-32(13-20(19)16-4-6-21(26)22(27)8-16)25(33)17-9-30-24(31-10-17)15-2-3-15/h4-11,14-15,19-20H,2-3,12-13,28H2,1H3/t14-,19+,20+/m0/s1. The molecule has 9 heteroatoms. The topological polar surface area (TPSA) is 94.2 Å². The third-order valence-electron chi connectivity index (χ3n) is 6.55.